The molecule has 3 rings (SSSR count). The molecule has 0 bridgehead atoms. The van der Waals surface area contributed by atoms with Gasteiger partial charge in [-0.15, -0.1) is 0 Å². The molecule has 82 valence electrons. The van der Waals surface area contributed by atoms with Gasteiger partial charge in [0.05, 0.1) is 13.2 Å². The van der Waals surface area contributed by atoms with Crippen molar-refractivity contribution in [2.75, 3.05) is 18.1 Å². The van der Waals surface area contributed by atoms with E-state index in [1.54, 1.807) is 0 Å². The van der Waals surface area contributed by atoms with Crippen molar-refractivity contribution in [3.63, 3.8) is 0 Å². The summed E-state index contributed by atoms with van der Waals surface area (Å²) in [4.78, 5) is 0. The molecule has 5 heteroatoms. The van der Waals surface area contributed by atoms with Gasteiger partial charge in [0.1, 0.15) is 11.5 Å². The molecule has 0 saturated carbocycles. The number of nitrogens with one attached hydrogen (secondary N) is 1. The molecule has 0 unspecified atom stereocenters. The van der Waals surface area contributed by atoms with E-state index in [0.717, 1.165) is 31.0 Å². The van der Waals surface area contributed by atoms with Crippen molar-refractivity contribution in [1.82, 2.24) is 10.5 Å². The van der Waals surface area contributed by atoms with Crippen LogP contribution in [-0.2, 0) is 24.3 Å². The van der Waals surface area contributed by atoms with Crippen LogP contribution < -0.4 is 5.32 Å². The summed E-state index contributed by atoms with van der Waals surface area (Å²) in [5.41, 5.74) is 2.20. The van der Waals surface area contributed by atoms with Gasteiger partial charge >= 0.3 is 0 Å². The van der Waals surface area contributed by atoms with Crippen molar-refractivity contribution >= 4 is 11.8 Å². The summed E-state index contributed by atoms with van der Waals surface area (Å²) in [5, 5.41) is 7.58. The van der Waals surface area contributed by atoms with Crippen molar-refractivity contribution < 1.29 is 9.26 Å². The lowest BCUT2D eigenvalue weighted by Gasteiger charge is -2.25. The topological polar surface area (TPSA) is 47.3 Å². The molecule has 1 saturated heterocycles. The molecular weight excluding hydrogens is 212 g/mol. The smallest absolute Gasteiger partial charge is 0.144 e. The molecule has 15 heavy (non-hydrogen) atoms. The van der Waals surface area contributed by atoms with Crippen LogP contribution in [0.25, 0.3) is 0 Å². The number of ether oxygens (including phenoxy) is 1. The Hall–Kier alpha value is -0.520. The normalized spacial score (nSPS) is 21.1. The van der Waals surface area contributed by atoms with Crippen LogP contribution in [0.5, 0.6) is 0 Å². The number of fused-ring (bicyclic) bond motifs is 1. The number of rotatable bonds is 3. The summed E-state index contributed by atoms with van der Waals surface area (Å²) in [6, 6.07) is 0.659. The largest absolute Gasteiger partial charge is 0.376 e. The van der Waals surface area contributed by atoms with Gasteiger partial charge in [0.25, 0.3) is 0 Å². The number of nitrogens with zero attached hydrogens (tertiary/aromatic N) is 1. The van der Waals surface area contributed by atoms with Crippen LogP contribution in [0.15, 0.2) is 4.52 Å². The molecule has 1 aromatic rings. The van der Waals surface area contributed by atoms with Crippen molar-refractivity contribution in [1.29, 1.82) is 0 Å². The summed E-state index contributed by atoms with van der Waals surface area (Å²) >= 11 is 1.98. The van der Waals surface area contributed by atoms with Gasteiger partial charge in [-0.1, -0.05) is 5.16 Å². The van der Waals surface area contributed by atoms with Crippen LogP contribution in [0.4, 0.5) is 0 Å². The van der Waals surface area contributed by atoms with Crippen LogP contribution in [0, 0.1) is 0 Å². The second kappa shape index (κ2) is 4.15. The van der Waals surface area contributed by atoms with Crippen molar-refractivity contribution in [2.45, 2.75) is 25.6 Å². The summed E-state index contributed by atoms with van der Waals surface area (Å²) in [6.07, 6.45) is 0.863. The maximum absolute atomic E-state index is 5.41. The Kier molecular flexibility index (Phi) is 2.68. The zero-order valence-electron chi connectivity index (χ0n) is 8.49. The van der Waals surface area contributed by atoms with Crippen LogP contribution in [0.1, 0.15) is 17.0 Å². The van der Waals surface area contributed by atoms with Crippen LogP contribution in [0.3, 0.4) is 0 Å². The molecule has 2 aliphatic heterocycles. The average molecular weight is 226 g/mol. The average Bonchev–Trinajstić information content (AvgIpc) is 2.60. The van der Waals surface area contributed by atoms with E-state index in [1.807, 2.05) is 11.8 Å². The summed E-state index contributed by atoms with van der Waals surface area (Å²) in [6.45, 7) is 2.23. The predicted molar refractivity (Wildman–Crippen MR) is 57.8 cm³/mol. The first-order chi connectivity index (χ1) is 7.43. The number of hydrogen-bond donors (Lipinski definition) is 1. The predicted octanol–water partition coefficient (Wildman–Crippen LogP) is 0.952. The Morgan fingerprint density at radius 3 is 3.20 bits per heavy atom. The lowest BCUT2D eigenvalue weighted by Crippen LogP contribution is -2.39. The SMILES string of the molecule is C1Cc2onc(CNC3CSC3)c2CO1. The molecule has 1 fully saturated rings. The van der Waals surface area contributed by atoms with E-state index in [0.29, 0.717) is 12.6 Å². The molecule has 0 atom stereocenters. The number of thioether (sulfide) groups is 1. The van der Waals surface area contributed by atoms with Crippen LogP contribution in [0.2, 0.25) is 0 Å². The Bertz CT molecular complexity index is 349. The summed E-state index contributed by atoms with van der Waals surface area (Å²) in [5.74, 6) is 3.45. The molecule has 3 heterocycles. The first-order valence-electron chi connectivity index (χ1n) is 5.28. The summed E-state index contributed by atoms with van der Waals surface area (Å²) in [7, 11) is 0. The van der Waals surface area contributed by atoms with Crippen LogP contribution >= 0.6 is 11.8 Å². The Balaban J connectivity index is 1.66. The first-order valence-corrected chi connectivity index (χ1v) is 6.44. The maximum atomic E-state index is 5.41. The summed E-state index contributed by atoms with van der Waals surface area (Å²) < 4.78 is 10.7. The zero-order chi connectivity index (χ0) is 10.1. The number of aromatic nitrogens is 1. The molecule has 0 radical (unpaired) electrons. The Labute approximate surface area is 92.7 Å². The quantitative estimate of drug-likeness (QED) is 0.831. The third-order valence-corrected chi connectivity index (χ3v) is 4.14. The van der Waals surface area contributed by atoms with Gasteiger partial charge in [0.2, 0.25) is 0 Å². The molecule has 1 N–H and O–H groups in total. The minimum absolute atomic E-state index is 0.659. The fourth-order valence-electron chi connectivity index (χ4n) is 1.81. The third kappa shape index (κ3) is 1.91. The Morgan fingerprint density at radius 1 is 1.47 bits per heavy atom. The van der Waals surface area contributed by atoms with E-state index in [-0.39, 0.29) is 0 Å². The van der Waals surface area contributed by atoms with Gasteiger partial charge in [-0.25, -0.2) is 0 Å². The third-order valence-electron chi connectivity index (χ3n) is 2.87. The van der Waals surface area contributed by atoms with Crippen LogP contribution in [-0.4, -0.2) is 29.3 Å². The van der Waals surface area contributed by atoms with Gasteiger partial charge < -0.3 is 14.6 Å². The van der Waals surface area contributed by atoms with E-state index in [1.165, 1.54) is 17.1 Å². The highest BCUT2D eigenvalue weighted by atomic mass is 32.2. The van der Waals surface area contributed by atoms with Gasteiger partial charge in [0.15, 0.2) is 0 Å². The highest BCUT2D eigenvalue weighted by molar-refractivity contribution is 8.00. The van der Waals surface area contributed by atoms with Crippen molar-refractivity contribution in [3.8, 4) is 0 Å². The first kappa shape index (κ1) is 9.69. The van der Waals surface area contributed by atoms with Gasteiger partial charge in [-0.3, -0.25) is 0 Å². The molecule has 0 aromatic carbocycles. The molecule has 2 aliphatic rings. The van der Waals surface area contributed by atoms with E-state index >= 15 is 0 Å². The second-order valence-electron chi connectivity index (χ2n) is 3.95. The molecular formula is C10H14N2O2S. The fraction of sp³-hybridized carbons (Fsp3) is 0.700. The van der Waals surface area contributed by atoms with E-state index in [4.69, 9.17) is 9.26 Å². The van der Waals surface area contributed by atoms with Gasteiger partial charge in [-0.05, 0) is 0 Å². The zero-order valence-corrected chi connectivity index (χ0v) is 9.31. The highest BCUT2D eigenvalue weighted by Gasteiger charge is 2.22. The van der Waals surface area contributed by atoms with Crippen molar-refractivity contribution in [2.24, 2.45) is 0 Å². The molecule has 0 amide bonds. The van der Waals surface area contributed by atoms with E-state index in [2.05, 4.69) is 10.5 Å². The minimum Gasteiger partial charge on any atom is -0.376 e. The monoisotopic (exact) mass is 226 g/mol. The van der Waals surface area contributed by atoms with E-state index in [9.17, 15) is 0 Å². The van der Waals surface area contributed by atoms with Gasteiger partial charge in [0, 0.05) is 36.1 Å². The molecule has 0 aliphatic carbocycles. The maximum Gasteiger partial charge on any atom is 0.144 e. The number of hydrogen-bond acceptors (Lipinski definition) is 5. The molecule has 0 spiro atoms. The standard InChI is InChI=1S/C10H14N2O2S/c1-2-13-4-8-9(12-14-10(1)8)3-11-7-5-15-6-7/h7,11H,1-6H2. The molecule has 1 aromatic heterocycles. The molecule has 4 nitrogen and oxygen atoms in total. The Morgan fingerprint density at radius 2 is 2.40 bits per heavy atom. The lowest BCUT2D eigenvalue weighted by atomic mass is 10.1. The van der Waals surface area contributed by atoms with E-state index < -0.39 is 0 Å². The minimum atomic E-state index is 0.659. The fourth-order valence-corrected chi connectivity index (χ4v) is 2.52. The lowest BCUT2D eigenvalue weighted by molar-refractivity contribution is 0.102. The second-order valence-corrected chi connectivity index (χ2v) is 5.02. The van der Waals surface area contributed by atoms with Gasteiger partial charge in [-0.2, -0.15) is 11.8 Å². The van der Waals surface area contributed by atoms with Crippen molar-refractivity contribution in [3.05, 3.63) is 17.0 Å². The highest BCUT2D eigenvalue weighted by Crippen LogP contribution is 2.22.